The van der Waals surface area contributed by atoms with Gasteiger partial charge in [0.25, 0.3) is 0 Å². The molecule has 0 fully saturated rings. The predicted octanol–water partition coefficient (Wildman–Crippen LogP) is 5.56. The number of aromatic nitrogens is 1. The van der Waals surface area contributed by atoms with E-state index in [-0.39, 0.29) is 0 Å². The topological polar surface area (TPSA) is 26.9 Å². The molecule has 0 bridgehead atoms. The molecule has 1 aromatic heterocycles. The lowest BCUT2D eigenvalue weighted by molar-refractivity contribution is 0.827. The Kier molecular flexibility index (Phi) is 3.08. The summed E-state index contributed by atoms with van der Waals surface area (Å²) >= 11 is 0. The third kappa shape index (κ3) is 2.13. The molecule has 0 aliphatic carbocycles. The van der Waals surface area contributed by atoms with Crippen LogP contribution in [-0.4, -0.2) is 4.57 Å². The van der Waals surface area contributed by atoms with Crippen molar-refractivity contribution in [2.24, 2.45) is 0 Å². The van der Waals surface area contributed by atoms with Crippen LogP contribution in [0.2, 0.25) is 0 Å². The highest BCUT2D eigenvalue weighted by Crippen LogP contribution is 2.36. The van der Waals surface area contributed by atoms with Crippen LogP contribution in [0, 0.1) is 0 Å². The molecule has 0 amide bonds. The Balaban J connectivity index is 0.000000148. The van der Waals surface area contributed by atoms with Gasteiger partial charge in [-0.2, -0.15) is 0 Å². The average molecular weight is 286 g/mol. The van der Waals surface area contributed by atoms with Crippen LogP contribution in [-0.2, 0) is 6.54 Å². The molecule has 0 saturated carbocycles. The zero-order valence-corrected chi connectivity index (χ0v) is 12.6. The Morgan fingerprint density at radius 1 is 0.682 bits per heavy atom. The maximum absolute atomic E-state index is 3.09. The second-order valence-electron chi connectivity index (χ2n) is 5.45. The molecule has 108 valence electrons. The van der Waals surface area contributed by atoms with Crippen molar-refractivity contribution in [2.45, 2.75) is 13.5 Å². The Bertz CT molecular complexity index is 876. The van der Waals surface area contributed by atoms with Gasteiger partial charge >= 0.3 is 0 Å². The van der Waals surface area contributed by atoms with Crippen LogP contribution < -0.4 is 5.32 Å². The van der Waals surface area contributed by atoms with Crippen molar-refractivity contribution in [2.75, 3.05) is 5.32 Å². The highest BCUT2D eigenvalue weighted by Gasteiger charge is 2.10. The highest BCUT2D eigenvalue weighted by molar-refractivity contribution is 6.07. The Labute approximate surface area is 130 Å². The lowest BCUT2D eigenvalue weighted by atomic mass is 10.2. The van der Waals surface area contributed by atoms with Crippen molar-refractivity contribution in [1.82, 2.24) is 4.57 Å². The average Bonchev–Trinajstić information content (AvgIpc) is 3.30. The SMILES string of the molecule is CCn1c2ccccc2c2ccccc21.c1ccc2c(c1)N2. The lowest BCUT2D eigenvalue weighted by Crippen LogP contribution is -1.91. The summed E-state index contributed by atoms with van der Waals surface area (Å²) in [5, 5.41) is 5.80. The number of anilines is 2. The van der Waals surface area contributed by atoms with Crippen LogP contribution in [0.15, 0.2) is 72.8 Å². The minimum absolute atomic E-state index is 1.02. The summed E-state index contributed by atoms with van der Waals surface area (Å²) in [4.78, 5) is 0. The number of rotatable bonds is 1. The smallest absolute Gasteiger partial charge is 0.0624 e. The second kappa shape index (κ2) is 5.23. The molecule has 1 N–H and O–H groups in total. The van der Waals surface area contributed by atoms with Crippen LogP contribution in [0.25, 0.3) is 21.8 Å². The van der Waals surface area contributed by atoms with Crippen LogP contribution in [0.1, 0.15) is 6.92 Å². The van der Waals surface area contributed by atoms with E-state index >= 15 is 0 Å². The summed E-state index contributed by atoms with van der Waals surface area (Å²) in [5.74, 6) is 0. The predicted molar refractivity (Wildman–Crippen MR) is 94.8 cm³/mol. The molecule has 1 aliphatic rings. The summed E-state index contributed by atoms with van der Waals surface area (Å²) in [6.45, 7) is 3.22. The minimum atomic E-state index is 1.02. The van der Waals surface area contributed by atoms with Gasteiger partial charge in [0, 0.05) is 28.4 Å². The van der Waals surface area contributed by atoms with Gasteiger partial charge < -0.3 is 9.88 Å². The molecule has 0 spiro atoms. The van der Waals surface area contributed by atoms with E-state index in [4.69, 9.17) is 0 Å². The minimum Gasteiger partial charge on any atom is -0.352 e. The largest absolute Gasteiger partial charge is 0.352 e. The number of nitrogens with zero attached hydrogens (tertiary/aromatic N) is 1. The van der Waals surface area contributed by atoms with Crippen molar-refractivity contribution in [3.8, 4) is 0 Å². The summed E-state index contributed by atoms with van der Waals surface area (Å²) in [5.41, 5.74) is 5.23. The number of hydrogen-bond donors (Lipinski definition) is 1. The third-order valence-electron chi connectivity index (χ3n) is 4.13. The van der Waals surface area contributed by atoms with E-state index in [1.807, 2.05) is 12.1 Å². The first-order chi connectivity index (χ1) is 10.9. The molecule has 22 heavy (non-hydrogen) atoms. The number of nitrogens with one attached hydrogen (secondary N) is 1. The maximum Gasteiger partial charge on any atom is 0.0624 e. The van der Waals surface area contributed by atoms with Gasteiger partial charge in [0.1, 0.15) is 0 Å². The number of para-hydroxylation sites is 4. The van der Waals surface area contributed by atoms with Crippen molar-refractivity contribution in [3.05, 3.63) is 72.8 Å². The molecule has 0 radical (unpaired) electrons. The van der Waals surface area contributed by atoms with E-state index in [0.29, 0.717) is 0 Å². The fraction of sp³-hybridized carbons (Fsp3) is 0.100. The van der Waals surface area contributed by atoms with E-state index in [0.717, 1.165) is 6.54 Å². The molecule has 0 atom stereocenters. The van der Waals surface area contributed by atoms with Crippen LogP contribution in [0.4, 0.5) is 11.4 Å². The van der Waals surface area contributed by atoms with Gasteiger partial charge in [-0.05, 0) is 31.2 Å². The molecule has 2 heterocycles. The number of fused-ring (bicyclic) bond motifs is 4. The molecular weight excluding hydrogens is 268 g/mol. The van der Waals surface area contributed by atoms with Crippen molar-refractivity contribution >= 4 is 33.2 Å². The Hall–Kier alpha value is -2.74. The van der Waals surface area contributed by atoms with Crippen LogP contribution >= 0.6 is 0 Å². The van der Waals surface area contributed by atoms with E-state index in [2.05, 4.69) is 77.5 Å². The van der Waals surface area contributed by atoms with Gasteiger partial charge in [-0.15, -0.1) is 0 Å². The molecule has 0 saturated heterocycles. The molecule has 2 nitrogen and oxygen atoms in total. The van der Waals surface area contributed by atoms with Crippen molar-refractivity contribution in [1.29, 1.82) is 0 Å². The number of aryl methyl sites for hydroxylation is 1. The standard InChI is InChI=1S/C14H13N.C6H5N/c1-2-15-13-9-5-3-7-11(13)12-8-4-6-10-14(12)15;1-2-4-6-5(3-1)7-6/h3-10H,2H2,1H3;1-4,7H. The first-order valence-electron chi connectivity index (χ1n) is 7.70. The molecule has 3 aromatic carbocycles. The van der Waals surface area contributed by atoms with Gasteiger partial charge in [-0.3, -0.25) is 0 Å². The molecule has 1 aliphatic heterocycles. The zero-order chi connectivity index (χ0) is 14.9. The first-order valence-corrected chi connectivity index (χ1v) is 7.70. The zero-order valence-electron chi connectivity index (χ0n) is 12.6. The first kappa shape index (κ1) is 13.0. The Morgan fingerprint density at radius 2 is 1.14 bits per heavy atom. The highest BCUT2D eigenvalue weighted by atomic mass is 15.0. The fourth-order valence-corrected chi connectivity index (χ4v) is 3.02. The monoisotopic (exact) mass is 286 g/mol. The number of benzene rings is 3. The van der Waals surface area contributed by atoms with Gasteiger partial charge in [-0.1, -0.05) is 48.5 Å². The van der Waals surface area contributed by atoms with Crippen LogP contribution in [0.5, 0.6) is 0 Å². The molecular formula is C20H18N2. The van der Waals surface area contributed by atoms with Gasteiger partial charge in [0.15, 0.2) is 0 Å². The summed E-state index contributed by atoms with van der Waals surface area (Å²) in [6.07, 6.45) is 0. The van der Waals surface area contributed by atoms with E-state index in [1.54, 1.807) is 0 Å². The van der Waals surface area contributed by atoms with Gasteiger partial charge in [0.05, 0.1) is 11.4 Å². The van der Waals surface area contributed by atoms with E-state index in [9.17, 15) is 0 Å². The normalized spacial score (nSPS) is 11.5. The molecule has 4 aromatic rings. The number of hydrogen-bond acceptors (Lipinski definition) is 1. The Morgan fingerprint density at radius 3 is 1.59 bits per heavy atom. The maximum atomic E-state index is 3.09. The van der Waals surface area contributed by atoms with E-state index < -0.39 is 0 Å². The lowest BCUT2D eigenvalue weighted by Gasteiger charge is -2.01. The second-order valence-corrected chi connectivity index (χ2v) is 5.45. The van der Waals surface area contributed by atoms with Crippen LogP contribution in [0.3, 0.4) is 0 Å². The van der Waals surface area contributed by atoms with Gasteiger partial charge in [-0.25, -0.2) is 0 Å². The third-order valence-corrected chi connectivity index (χ3v) is 4.13. The molecule has 0 unspecified atom stereocenters. The van der Waals surface area contributed by atoms with E-state index in [1.165, 1.54) is 33.2 Å². The fourth-order valence-electron chi connectivity index (χ4n) is 3.02. The van der Waals surface area contributed by atoms with Crippen molar-refractivity contribution < 1.29 is 0 Å². The van der Waals surface area contributed by atoms with Crippen molar-refractivity contribution in [3.63, 3.8) is 0 Å². The summed E-state index contributed by atoms with van der Waals surface area (Å²) in [6, 6.07) is 25.4. The summed E-state index contributed by atoms with van der Waals surface area (Å²) in [7, 11) is 0. The molecule has 2 heteroatoms. The molecule has 5 rings (SSSR count). The summed E-state index contributed by atoms with van der Waals surface area (Å²) < 4.78 is 2.37. The quantitative estimate of drug-likeness (QED) is 0.401. The van der Waals surface area contributed by atoms with Gasteiger partial charge in [0.2, 0.25) is 0 Å².